The number of nitrogens with zero attached hydrogens (tertiary/aromatic N) is 1. The molecule has 1 aromatic rings. The Morgan fingerprint density at radius 1 is 1.40 bits per heavy atom. The Morgan fingerprint density at radius 2 is 2.15 bits per heavy atom. The van der Waals surface area contributed by atoms with Gasteiger partial charge in [0, 0.05) is 30.6 Å². The van der Waals surface area contributed by atoms with Gasteiger partial charge in [-0.15, -0.1) is 6.58 Å². The standard InChI is InChI=1S/C16H21ClN2O/c1-2-10-18-11-9-15-7-8-16(20)19(15)12-13-3-5-14(17)6-4-13/h2-6,15,18H,1,7-12H2. The van der Waals surface area contributed by atoms with Gasteiger partial charge in [-0.3, -0.25) is 4.79 Å². The van der Waals surface area contributed by atoms with Crippen molar-refractivity contribution in [3.8, 4) is 0 Å². The third-order valence-corrected chi connectivity index (χ3v) is 3.91. The van der Waals surface area contributed by atoms with Crippen LogP contribution in [0, 0.1) is 0 Å². The lowest BCUT2D eigenvalue weighted by Gasteiger charge is -2.25. The van der Waals surface area contributed by atoms with E-state index in [2.05, 4.69) is 11.9 Å². The SMILES string of the molecule is C=CCNCCC1CCC(=O)N1Cc1ccc(Cl)cc1. The summed E-state index contributed by atoms with van der Waals surface area (Å²) in [6.45, 7) is 6.10. The van der Waals surface area contributed by atoms with E-state index in [4.69, 9.17) is 11.6 Å². The third kappa shape index (κ3) is 4.09. The first-order valence-corrected chi connectivity index (χ1v) is 7.44. The Hall–Kier alpha value is -1.32. The van der Waals surface area contributed by atoms with E-state index in [0.29, 0.717) is 19.0 Å². The van der Waals surface area contributed by atoms with Crippen molar-refractivity contribution >= 4 is 17.5 Å². The summed E-state index contributed by atoms with van der Waals surface area (Å²) in [4.78, 5) is 14.0. The summed E-state index contributed by atoms with van der Waals surface area (Å²) in [5.74, 6) is 0.258. The van der Waals surface area contributed by atoms with Crippen LogP contribution in [0.4, 0.5) is 0 Å². The summed E-state index contributed by atoms with van der Waals surface area (Å²) in [5.41, 5.74) is 1.13. The number of amides is 1. The second kappa shape index (κ2) is 7.46. The normalized spacial score (nSPS) is 18.6. The molecule has 3 nitrogen and oxygen atoms in total. The molecule has 1 unspecified atom stereocenters. The number of carbonyl (C=O) groups excluding carboxylic acids is 1. The number of carbonyl (C=O) groups is 1. The van der Waals surface area contributed by atoms with Crippen molar-refractivity contribution in [3.05, 3.63) is 47.5 Å². The summed E-state index contributed by atoms with van der Waals surface area (Å²) >= 11 is 5.89. The van der Waals surface area contributed by atoms with Crippen LogP contribution >= 0.6 is 11.6 Å². The van der Waals surface area contributed by atoms with E-state index in [1.54, 1.807) is 0 Å². The fraction of sp³-hybridized carbons (Fsp3) is 0.438. The number of halogens is 1. The van der Waals surface area contributed by atoms with Crippen LogP contribution < -0.4 is 5.32 Å². The molecule has 4 heteroatoms. The first-order valence-electron chi connectivity index (χ1n) is 7.06. The topological polar surface area (TPSA) is 32.3 Å². The molecule has 0 saturated carbocycles. The smallest absolute Gasteiger partial charge is 0.223 e. The van der Waals surface area contributed by atoms with Gasteiger partial charge < -0.3 is 10.2 Å². The lowest BCUT2D eigenvalue weighted by Crippen LogP contribution is -2.34. The zero-order chi connectivity index (χ0) is 14.4. The first-order chi connectivity index (χ1) is 9.70. The summed E-state index contributed by atoms with van der Waals surface area (Å²) in [5, 5.41) is 4.02. The molecule has 0 aliphatic carbocycles. The van der Waals surface area contributed by atoms with Gasteiger partial charge >= 0.3 is 0 Å². The van der Waals surface area contributed by atoms with Crippen molar-refractivity contribution in [2.45, 2.75) is 31.8 Å². The molecule has 1 aromatic carbocycles. The third-order valence-electron chi connectivity index (χ3n) is 3.66. The predicted molar refractivity (Wildman–Crippen MR) is 82.7 cm³/mol. The molecule has 20 heavy (non-hydrogen) atoms. The zero-order valence-corrected chi connectivity index (χ0v) is 12.4. The molecule has 0 bridgehead atoms. The molecule has 1 N–H and O–H groups in total. The maximum absolute atomic E-state index is 12.0. The van der Waals surface area contributed by atoms with Crippen LogP contribution in [0.3, 0.4) is 0 Å². The lowest BCUT2D eigenvalue weighted by atomic mass is 10.1. The minimum atomic E-state index is 0.258. The first kappa shape index (κ1) is 15.1. The lowest BCUT2D eigenvalue weighted by molar-refractivity contribution is -0.129. The second-order valence-corrected chi connectivity index (χ2v) is 5.56. The fourth-order valence-corrected chi connectivity index (χ4v) is 2.70. The van der Waals surface area contributed by atoms with Crippen LogP contribution in [0.5, 0.6) is 0 Å². The maximum atomic E-state index is 12.0. The Balaban J connectivity index is 1.90. The molecule has 1 heterocycles. The monoisotopic (exact) mass is 292 g/mol. The van der Waals surface area contributed by atoms with E-state index < -0.39 is 0 Å². The summed E-state index contributed by atoms with van der Waals surface area (Å²) in [7, 11) is 0. The number of nitrogens with one attached hydrogen (secondary N) is 1. The molecule has 1 fully saturated rings. The molecule has 1 atom stereocenters. The minimum absolute atomic E-state index is 0.258. The van der Waals surface area contributed by atoms with Gasteiger partial charge in [-0.1, -0.05) is 29.8 Å². The van der Waals surface area contributed by atoms with Crippen LogP contribution in [0.25, 0.3) is 0 Å². The van der Waals surface area contributed by atoms with Gasteiger partial charge in [-0.05, 0) is 37.1 Å². The highest BCUT2D eigenvalue weighted by molar-refractivity contribution is 6.30. The molecule has 0 radical (unpaired) electrons. The number of hydrogen-bond acceptors (Lipinski definition) is 2. The average Bonchev–Trinajstić information content (AvgIpc) is 2.79. The van der Waals surface area contributed by atoms with E-state index in [0.717, 1.165) is 36.5 Å². The molecule has 0 spiro atoms. The van der Waals surface area contributed by atoms with E-state index in [1.165, 1.54) is 0 Å². The van der Waals surface area contributed by atoms with E-state index in [-0.39, 0.29) is 5.91 Å². The zero-order valence-electron chi connectivity index (χ0n) is 11.6. The Labute approximate surface area is 125 Å². The van der Waals surface area contributed by atoms with Gasteiger partial charge in [0.2, 0.25) is 5.91 Å². The van der Waals surface area contributed by atoms with Crippen LogP contribution in [0.15, 0.2) is 36.9 Å². The van der Waals surface area contributed by atoms with Gasteiger partial charge in [-0.25, -0.2) is 0 Å². The van der Waals surface area contributed by atoms with Gasteiger partial charge in [0.15, 0.2) is 0 Å². The van der Waals surface area contributed by atoms with E-state index in [9.17, 15) is 4.79 Å². The molecule has 1 amide bonds. The van der Waals surface area contributed by atoms with E-state index >= 15 is 0 Å². The Morgan fingerprint density at radius 3 is 2.85 bits per heavy atom. The predicted octanol–water partition coefficient (Wildman–Crippen LogP) is 3.00. The maximum Gasteiger partial charge on any atom is 0.223 e. The van der Waals surface area contributed by atoms with Crippen LogP contribution in [0.2, 0.25) is 5.02 Å². The quantitative estimate of drug-likeness (QED) is 0.619. The van der Waals surface area contributed by atoms with Gasteiger partial charge in [0.1, 0.15) is 0 Å². The van der Waals surface area contributed by atoms with Crippen molar-refractivity contribution in [1.29, 1.82) is 0 Å². The van der Waals surface area contributed by atoms with Gasteiger partial charge in [0.25, 0.3) is 0 Å². The molecule has 1 aliphatic rings. The summed E-state index contributed by atoms with van der Waals surface area (Å²) in [6.07, 6.45) is 4.47. The van der Waals surface area contributed by atoms with E-state index in [1.807, 2.05) is 35.2 Å². The largest absolute Gasteiger partial charge is 0.335 e. The summed E-state index contributed by atoms with van der Waals surface area (Å²) in [6, 6.07) is 8.06. The fourth-order valence-electron chi connectivity index (χ4n) is 2.57. The highest BCUT2D eigenvalue weighted by atomic mass is 35.5. The van der Waals surface area contributed by atoms with Crippen LogP contribution in [-0.4, -0.2) is 29.9 Å². The average molecular weight is 293 g/mol. The Kier molecular flexibility index (Phi) is 5.62. The molecule has 0 aromatic heterocycles. The summed E-state index contributed by atoms with van der Waals surface area (Å²) < 4.78 is 0. The van der Waals surface area contributed by atoms with Crippen molar-refractivity contribution in [3.63, 3.8) is 0 Å². The molecular weight excluding hydrogens is 272 g/mol. The number of hydrogen-bond donors (Lipinski definition) is 1. The van der Waals surface area contributed by atoms with Crippen molar-refractivity contribution in [2.75, 3.05) is 13.1 Å². The van der Waals surface area contributed by atoms with Gasteiger partial charge in [0.05, 0.1) is 0 Å². The molecule has 1 aliphatic heterocycles. The number of likely N-dealkylation sites (tertiary alicyclic amines) is 1. The van der Waals surface area contributed by atoms with Gasteiger partial charge in [-0.2, -0.15) is 0 Å². The Bertz CT molecular complexity index is 458. The molecule has 108 valence electrons. The van der Waals surface area contributed by atoms with Crippen LogP contribution in [0.1, 0.15) is 24.8 Å². The molecule has 2 rings (SSSR count). The molecule has 1 saturated heterocycles. The minimum Gasteiger partial charge on any atom is -0.335 e. The highest BCUT2D eigenvalue weighted by Gasteiger charge is 2.30. The number of benzene rings is 1. The number of rotatable bonds is 7. The molecular formula is C16H21ClN2O. The van der Waals surface area contributed by atoms with Crippen molar-refractivity contribution in [2.24, 2.45) is 0 Å². The van der Waals surface area contributed by atoms with Crippen molar-refractivity contribution in [1.82, 2.24) is 10.2 Å². The second-order valence-electron chi connectivity index (χ2n) is 5.12. The van der Waals surface area contributed by atoms with Crippen molar-refractivity contribution < 1.29 is 4.79 Å². The highest BCUT2D eigenvalue weighted by Crippen LogP contribution is 2.24. The van der Waals surface area contributed by atoms with Crippen LogP contribution in [-0.2, 0) is 11.3 Å².